The summed E-state index contributed by atoms with van der Waals surface area (Å²) in [4.78, 5) is 29.1. The number of halogens is 4. The van der Waals surface area contributed by atoms with Gasteiger partial charge < -0.3 is 10.2 Å². The number of hydrogen-bond donors (Lipinski definition) is 1. The number of carbonyl (C=O) groups is 2. The highest BCUT2D eigenvalue weighted by Crippen LogP contribution is 2.27. The third-order valence-corrected chi connectivity index (χ3v) is 8.88. The molecule has 0 aromatic heterocycles. The van der Waals surface area contributed by atoms with Crippen LogP contribution in [0.15, 0.2) is 66.7 Å². The summed E-state index contributed by atoms with van der Waals surface area (Å²) in [6.45, 7) is 0.173. The van der Waals surface area contributed by atoms with Crippen LogP contribution in [0.4, 0.5) is 4.39 Å². The number of carbonyl (C=O) groups excluding carboxylic acids is 2. The first-order valence-corrected chi connectivity index (χ1v) is 15.2. The maximum atomic E-state index is 14.3. The molecular formula is C30H30Cl3FN2O2S. The van der Waals surface area contributed by atoms with Crippen molar-refractivity contribution in [2.24, 2.45) is 0 Å². The van der Waals surface area contributed by atoms with Crippen LogP contribution in [0.25, 0.3) is 0 Å². The maximum Gasteiger partial charge on any atom is 0.243 e. The molecule has 4 rings (SSSR count). The normalized spacial score (nSPS) is 14.3. The molecule has 206 valence electrons. The van der Waals surface area contributed by atoms with Crippen LogP contribution in [0.1, 0.15) is 42.4 Å². The zero-order valence-electron chi connectivity index (χ0n) is 21.3. The van der Waals surface area contributed by atoms with E-state index in [-0.39, 0.29) is 35.9 Å². The van der Waals surface area contributed by atoms with Crippen LogP contribution >= 0.6 is 46.6 Å². The van der Waals surface area contributed by atoms with Gasteiger partial charge in [-0.05, 0) is 48.2 Å². The van der Waals surface area contributed by atoms with E-state index in [2.05, 4.69) is 5.32 Å². The van der Waals surface area contributed by atoms with Crippen molar-refractivity contribution in [2.75, 3.05) is 5.75 Å². The lowest BCUT2D eigenvalue weighted by atomic mass is 10.0. The molecule has 0 saturated heterocycles. The Morgan fingerprint density at radius 3 is 2.36 bits per heavy atom. The molecule has 1 aliphatic carbocycles. The molecule has 0 aliphatic heterocycles. The van der Waals surface area contributed by atoms with Gasteiger partial charge in [0.2, 0.25) is 11.8 Å². The first kappa shape index (κ1) is 29.7. The lowest BCUT2D eigenvalue weighted by Gasteiger charge is -2.32. The van der Waals surface area contributed by atoms with E-state index in [1.165, 1.54) is 17.8 Å². The number of thioether (sulfide) groups is 1. The molecule has 3 aromatic carbocycles. The molecule has 0 heterocycles. The number of hydrogen-bond acceptors (Lipinski definition) is 3. The number of benzene rings is 3. The van der Waals surface area contributed by atoms with E-state index in [9.17, 15) is 14.0 Å². The zero-order chi connectivity index (χ0) is 27.8. The Bertz CT molecular complexity index is 1270. The summed E-state index contributed by atoms with van der Waals surface area (Å²) in [7, 11) is 0. The number of amides is 2. The zero-order valence-corrected chi connectivity index (χ0v) is 24.4. The molecule has 1 aliphatic rings. The molecule has 1 fully saturated rings. The molecule has 4 nitrogen and oxygen atoms in total. The molecule has 9 heteroatoms. The van der Waals surface area contributed by atoms with E-state index in [1.54, 1.807) is 35.2 Å². The van der Waals surface area contributed by atoms with Crippen molar-refractivity contribution in [3.63, 3.8) is 0 Å². The van der Waals surface area contributed by atoms with E-state index in [0.717, 1.165) is 36.8 Å². The predicted molar refractivity (Wildman–Crippen MR) is 159 cm³/mol. The van der Waals surface area contributed by atoms with Gasteiger partial charge in [-0.15, -0.1) is 11.8 Å². The molecule has 3 aromatic rings. The van der Waals surface area contributed by atoms with Gasteiger partial charge in [-0.1, -0.05) is 90.1 Å². The van der Waals surface area contributed by atoms with Crippen molar-refractivity contribution in [1.29, 1.82) is 0 Å². The van der Waals surface area contributed by atoms with Crippen molar-refractivity contribution in [1.82, 2.24) is 10.2 Å². The molecule has 1 atom stereocenters. The fourth-order valence-electron chi connectivity index (χ4n) is 4.75. The van der Waals surface area contributed by atoms with Gasteiger partial charge in [0.1, 0.15) is 11.9 Å². The van der Waals surface area contributed by atoms with Gasteiger partial charge >= 0.3 is 0 Å². The minimum absolute atomic E-state index is 0.0496. The minimum Gasteiger partial charge on any atom is -0.352 e. The summed E-state index contributed by atoms with van der Waals surface area (Å²) in [5.41, 5.74) is 2.06. The topological polar surface area (TPSA) is 49.4 Å². The Morgan fingerprint density at radius 1 is 0.923 bits per heavy atom. The second-order valence-corrected chi connectivity index (χ2v) is 11.9. The van der Waals surface area contributed by atoms with Crippen LogP contribution in [0.2, 0.25) is 15.1 Å². The van der Waals surface area contributed by atoms with Crippen LogP contribution in [0.5, 0.6) is 0 Å². The number of nitrogens with zero attached hydrogens (tertiary/aromatic N) is 1. The van der Waals surface area contributed by atoms with Gasteiger partial charge in [0, 0.05) is 35.3 Å². The Balaban J connectivity index is 1.59. The highest BCUT2D eigenvalue weighted by molar-refractivity contribution is 7.99. The summed E-state index contributed by atoms with van der Waals surface area (Å²) in [6.07, 6.45) is 4.38. The van der Waals surface area contributed by atoms with E-state index in [4.69, 9.17) is 34.8 Å². The molecule has 39 heavy (non-hydrogen) atoms. The first-order chi connectivity index (χ1) is 18.8. The van der Waals surface area contributed by atoms with Gasteiger partial charge in [0.25, 0.3) is 0 Å². The minimum atomic E-state index is -0.743. The fourth-order valence-corrected chi connectivity index (χ4v) is 6.32. The monoisotopic (exact) mass is 606 g/mol. The Kier molecular flexibility index (Phi) is 11.0. The highest BCUT2D eigenvalue weighted by Gasteiger charge is 2.32. The number of nitrogens with one attached hydrogen (secondary N) is 1. The Labute approximate surface area is 248 Å². The van der Waals surface area contributed by atoms with Crippen LogP contribution in [0, 0.1) is 5.82 Å². The third-order valence-electron chi connectivity index (χ3n) is 6.84. The molecule has 0 spiro atoms. The standard InChI is InChI=1S/C30H30Cl3FN2O2S/c31-24-11-6-12-27(34)23(24)18-39-19-29(37)36(17-21-13-14-25(32)26(33)15-21)28(16-20-7-2-1-3-8-20)30(38)35-22-9-4-5-10-22/h1-3,6-8,11-15,22,28H,4-5,9-10,16-19H2,(H,35,38)/t28-/m1/s1. The maximum absolute atomic E-state index is 14.3. The summed E-state index contributed by atoms with van der Waals surface area (Å²) in [6, 6.07) is 18.7. The van der Waals surface area contributed by atoms with E-state index in [0.29, 0.717) is 27.1 Å². The predicted octanol–water partition coefficient (Wildman–Crippen LogP) is 7.72. The van der Waals surface area contributed by atoms with Crippen molar-refractivity contribution in [3.05, 3.63) is 104 Å². The Morgan fingerprint density at radius 2 is 1.67 bits per heavy atom. The Hall–Kier alpha value is -2.25. The first-order valence-electron chi connectivity index (χ1n) is 12.9. The number of rotatable bonds is 11. The summed E-state index contributed by atoms with van der Waals surface area (Å²) >= 11 is 19.8. The second kappa shape index (κ2) is 14.4. The second-order valence-electron chi connectivity index (χ2n) is 9.66. The lowest BCUT2D eigenvalue weighted by Crippen LogP contribution is -2.52. The van der Waals surface area contributed by atoms with Crippen LogP contribution in [0.3, 0.4) is 0 Å². The largest absolute Gasteiger partial charge is 0.352 e. The molecule has 1 saturated carbocycles. The molecule has 0 bridgehead atoms. The SMILES string of the molecule is O=C(NC1CCCC1)[C@@H](Cc1ccccc1)N(Cc1ccc(Cl)c(Cl)c1)C(=O)CSCc1c(F)cccc1Cl. The van der Waals surface area contributed by atoms with Crippen LogP contribution < -0.4 is 5.32 Å². The fraction of sp³-hybridized carbons (Fsp3) is 0.333. The van der Waals surface area contributed by atoms with Crippen molar-refractivity contribution in [3.8, 4) is 0 Å². The van der Waals surface area contributed by atoms with Crippen molar-refractivity contribution in [2.45, 2.75) is 56.5 Å². The molecular weight excluding hydrogens is 578 g/mol. The smallest absolute Gasteiger partial charge is 0.243 e. The van der Waals surface area contributed by atoms with E-state index >= 15 is 0 Å². The van der Waals surface area contributed by atoms with E-state index in [1.807, 2.05) is 30.3 Å². The van der Waals surface area contributed by atoms with Gasteiger partial charge in [-0.3, -0.25) is 9.59 Å². The average molecular weight is 608 g/mol. The highest BCUT2D eigenvalue weighted by atomic mass is 35.5. The summed E-state index contributed by atoms with van der Waals surface area (Å²) in [5.74, 6) is -0.543. The quantitative estimate of drug-likeness (QED) is 0.243. The van der Waals surface area contributed by atoms with Crippen LogP contribution in [-0.4, -0.2) is 34.6 Å². The summed E-state index contributed by atoms with van der Waals surface area (Å²) < 4.78 is 14.3. The van der Waals surface area contributed by atoms with Crippen molar-refractivity contribution >= 4 is 58.4 Å². The average Bonchev–Trinajstić information content (AvgIpc) is 3.43. The van der Waals surface area contributed by atoms with Crippen molar-refractivity contribution < 1.29 is 14.0 Å². The molecule has 2 amide bonds. The van der Waals surface area contributed by atoms with Gasteiger partial charge in [0.05, 0.1) is 15.8 Å². The van der Waals surface area contributed by atoms with Gasteiger partial charge in [-0.25, -0.2) is 4.39 Å². The van der Waals surface area contributed by atoms with E-state index < -0.39 is 11.9 Å². The third kappa shape index (κ3) is 8.37. The molecule has 0 radical (unpaired) electrons. The molecule has 1 N–H and O–H groups in total. The lowest BCUT2D eigenvalue weighted by molar-refractivity contribution is -0.139. The molecule has 0 unspecified atom stereocenters. The van der Waals surface area contributed by atoms with Crippen LogP contribution in [-0.2, 0) is 28.3 Å². The summed E-state index contributed by atoms with van der Waals surface area (Å²) in [5, 5.41) is 4.29. The van der Waals surface area contributed by atoms with Gasteiger partial charge in [0.15, 0.2) is 0 Å². The van der Waals surface area contributed by atoms with Gasteiger partial charge in [-0.2, -0.15) is 0 Å².